The zero-order valence-corrected chi connectivity index (χ0v) is 12.0. The van der Waals surface area contributed by atoms with Crippen LogP contribution in [0, 0.1) is 0 Å². The molecular formula is C12H13N7OS. The molecule has 8 nitrogen and oxygen atoms in total. The number of hydrogen-bond donors (Lipinski definition) is 1. The summed E-state index contributed by atoms with van der Waals surface area (Å²) in [4.78, 5) is 15.3. The van der Waals surface area contributed by atoms with Gasteiger partial charge in [0.1, 0.15) is 5.01 Å². The lowest BCUT2D eigenvalue weighted by Crippen LogP contribution is -2.37. The van der Waals surface area contributed by atoms with Crippen LogP contribution in [-0.2, 0) is 4.74 Å². The average Bonchev–Trinajstić information content (AvgIpc) is 3.16. The van der Waals surface area contributed by atoms with Crippen LogP contribution in [0.1, 0.15) is 0 Å². The van der Waals surface area contributed by atoms with Crippen molar-refractivity contribution in [1.29, 1.82) is 0 Å². The molecule has 2 N–H and O–H groups in total. The number of morpholine rings is 1. The molecule has 1 aliphatic heterocycles. The van der Waals surface area contributed by atoms with Crippen molar-refractivity contribution in [3.8, 4) is 10.6 Å². The largest absolute Gasteiger partial charge is 0.378 e. The van der Waals surface area contributed by atoms with Crippen molar-refractivity contribution in [1.82, 2.24) is 24.6 Å². The van der Waals surface area contributed by atoms with Gasteiger partial charge in [0.15, 0.2) is 5.65 Å². The number of thiazole rings is 1. The minimum absolute atomic E-state index is 0.323. The summed E-state index contributed by atoms with van der Waals surface area (Å²) in [7, 11) is 0. The molecule has 21 heavy (non-hydrogen) atoms. The Labute approximate surface area is 124 Å². The standard InChI is InChI=1S/C12H13N7OS/c13-11-17-12(18-2-4-20-5-3-18)16-9-8(7-15-19(9)11)10-14-1-6-21-10/h1,6-7H,2-5H2,(H2,13,16,17). The molecule has 108 valence electrons. The number of hydrogen-bond acceptors (Lipinski definition) is 8. The third-order valence-corrected chi connectivity index (χ3v) is 4.14. The Kier molecular flexibility index (Phi) is 2.93. The highest BCUT2D eigenvalue weighted by atomic mass is 32.1. The summed E-state index contributed by atoms with van der Waals surface area (Å²) in [6.07, 6.45) is 3.49. The van der Waals surface area contributed by atoms with Crippen molar-refractivity contribution >= 4 is 28.9 Å². The normalized spacial score (nSPS) is 15.7. The van der Waals surface area contributed by atoms with E-state index in [9.17, 15) is 0 Å². The molecule has 0 amide bonds. The van der Waals surface area contributed by atoms with E-state index in [4.69, 9.17) is 10.5 Å². The lowest BCUT2D eigenvalue weighted by molar-refractivity contribution is 0.122. The summed E-state index contributed by atoms with van der Waals surface area (Å²) >= 11 is 1.54. The molecule has 0 aliphatic carbocycles. The fraction of sp³-hybridized carbons (Fsp3) is 0.333. The number of nitrogen functional groups attached to an aromatic ring is 1. The topological polar surface area (TPSA) is 94.5 Å². The maximum atomic E-state index is 6.00. The highest BCUT2D eigenvalue weighted by Gasteiger charge is 2.19. The molecule has 0 spiro atoms. The third-order valence-electron chi connectivity index (χ3n) is 3.34. The van der Waals surface area contributed by atoms with Gasteiger partial charge in [-0.25, -0.2) is 4.98 Å². The van der Waals surface area contributed by atoms with Gasteiger partial charge in [-0.2, -0.15) is 19.6 Å². The lowest BCUT2D eigenvalue weighted by atomic mass is 10.3. The number of nitrogens with zero attached hydrogens (tertiary/aromatic N) is 6. The maximum Gasteiger partial charge on any atom is 0.230 e. The number of anilines is 2. The summed E-state index contributed by atoms with van der Waals surface area (Å²) in [6, 6.07) is 0. The first kappa shape index (κ1) is 12.5. The summed E-state index contributed by atoms with van der Waals surface area (Å²) in [5.74, 6) is 0.936. The van der Waals surface area contributed by atoms with E-state index in [0.29, 0.717) is 30.8 Å². The van der Waals surface area contributed by atoms with Gasteiger partial charge in [-0.3, -0.25) is 0 Å². The van der Waals surface area contributed by atoms with Crippen LogP contribution in [0.3, 0.4) is 0 Å². The number of fused-ring (bicyclic) bond motifs is 1. The van der Waals surface area contributed by atoms with Crippen molar-refractivity contribution < 1.29 is 4.74 Å². The van der Waals surface area contributed by atoms with E-state index in [1.807, 2.05) is 5.38 Å². The van der Waals surface area contributed by atoms with Gasteiger partial charge in [0.25, 0.3) is 0 Å². The van der Waals surface area contributed by atoms with Gasteiger partial charge >= 0.3 is 0 Å². The molecule has 1 fully saturated rings. The van der Waals surface area contributed by atoms with Crippen LogP contribution in [0.5, 0.6) is 0 Å². The van der Waals surface area contributed by atoms with E-state index < -0.39 is 0 Å². The van der Waals surface area contributed by atoms with E-state index >= 15 is 0 Å². The fourth-order valence-electron chi connectivity index (χ4n) is 2.30. The molecule has 0 unspecified atom stereocenters. The van der Waals surface area contributed by atoms with Crippen molar-refractivity contribution in [3.63, 3.8) is 0 Å². The van der Waals surface area contributed by atoms with E-state index in [1.54, 1.807) is 28.2 Å². The first-order valence-electron chi connectivity index (χ1n) is 6.57. The number of aromatic nitrogens is 5. The van der Waals surface area contributed by atoms with Crippen LogP contribution in [-0.4, -0.2) is 50.9 Å². The van der Waals surface area contributed by atoms with Crippen molar-refractivity contribution in [3.05, 3.63) is 17.8 Å². The van der Waals surface area contributed by atoms with Crippen molar-refractivity contribution in [2.75, 3.05) is 36.9 Å². The SMILES string of the molecule is Nc1nc(N2CCOCC2)nc2c(-c3nccs3)cnn12. The predicted molar refractivity (Wildman–Crippen MR) is 79.3 cm³/mol. The van der Waals surface area contributed by atoms with Gasteiger partial charge < -0.3 is 15.4 Å². The highest BCUT2D eigenvalue weighted by molar-refractivity contribution is 7.13. The second kappa shape index (κ2) is 4.93. The fourth-order valence-corrected chi connectivity index (χ4v) is 2.94. The molecule has 3 aromatic rings. The van der Waals surface area contributed by atoms with Gasteiger partial charge in [0, 0.05) is 24.7 Å². The van der Waals surface area contributed by atoms with Crippen LogP contribution in [0.2, 0.25) is 0 Å². The molecule has 1 aliphatic rings. The van der Waals surface area contributed by atoms with Crippen molar-refractivity contribution in [2.45, 2.75) is 0 Å². The average molecular weight is 303 g/mol. The Morgan fingerprint density at radius 1 is 1.24 bits per heavy atom. The minimum Gasteiger partial charge on any atom is -0.378 e. The first-order valence-corrected chi connectivity index (χ1v) is 7.45. The van der Waals surface area contributed by atoms with E-state index in [-0.39, 0.29) is 0 Å². The summed E-state index contributed by atoms with van der Waals surface area (Å²) in [5, 5.41) is 7.04. The Bertz CT molecular complexity index is 763. The maximum absolute atomic E-state index is 6.00. The Morgan fingerprint density at radius 2 is 2.10 bits per heavy atom. The zero-order chi connectivity index (χ0) is 14.2. The summed E-state index contributed by atoms with van der Waals surface area (Å²) in [5.41, 5.74) is 7.55. The molecule has 0 radical (unpaired) electrons. The van der Waals surface area contributed by atoms with E-state index in [1.165, 1.54) is 0 Å². The Hall–Kier alpha value is -2.26. The molecule has 0 saturated carbocycles. The van der Waals surface area contributed by atoms with Gasteiger partial charge in [-0.15, -0.1) is 11.3 Å². The molecule has 0 bridgehead atoms. The monoisotopic (exact) mass is 303 g/mol. The Morgan fingerprint density at radius 3 is 2.86 bits per heavy atom. The van der Waals surface area contributed by atoms with Crippen LogP contribution in [0.15, 0.2) is 17.8 Å². The van der Waals surface area contributed by atoms with Crippen molar-refractivity contribution in [2.24, 2.45) is 0 Å². The first-order chi connectivity index (χ1) is 10.3. The van der Waals surface area contributed by atoms with Gasteiger partial charge in [0.2, 0.25) is 11.9 Å². The quantitative estimate of drug-likeness (QED) is 0.743. The zero-order valence-electron chi connectivity index (χ0n) is 11.1. The van der Waals surface area contributed by atoms with Gasteiger partial charge in [-0.05, 0) is 0 Å². The van der Waals surface area contributed by atoms with Gasteiger partial charge in [0.05, 0.1) is 25.0 Å². The predicted octanol–water partition coefficient (Wildman–Crippen LogP) is 0.667. The second-order valence-electron chi connectivity index (χ2n) is 4.61. The number of ether oxygens (including phenoxy) is 1. The molecule has 9 heteroatoms. The van der Waals surface area contributed by atoms with Crippen LogP contribution < -0.4 is 10.6 Å². The second-order valence-corrected chi connectivity index (χ2v) is 5.51. The Balaban J connectivity index is 1.85. The van der Waals surface area contributed by atoms with Crippen LogP contribution in [0.4, 0.5) is 11.9 Å². The third kappa shape index (κ3) is 2.10. The molecule has 4 rings (SSSR count). The molecule has 1 saturated heterocycles. The smallest absolute Gasteiger partial charge is 0.230 e. The summed E-state index contributed by atoms with van der Waals surface area (Å²) in [6.45, 7) is 2.87. The molecule has 4 heterocycles. The highest BCUT2D eigenvalue weighted by Crippen LogP contribution is 2.27. The number of rotatable bonds is 2. The van der Waals surface area contributed by atoms with Gasteiger partial charge in [-0.1, -0.05) is 0 Å². The number of nitrogens with two attached hydrogens (primary N) is 1. The minimum atomic E-state index is 0.323. The van der Waals surface area contributed by atoms with E-state index in [0.717, 1.165) is 23.7 Å². The molecule has 0 aromatic carbocycles. The van der Waals surface area contributed by atoms with Crippen LogP contribution in [0.25, 0.3) is 16.2 Å². The lowest BCUT2D eigenvalue weighted by Gasteiger charge is -2.26. The molecular weight excluding hydrogens is 290 g/mol. The van der Waals surface area contributed by atoms with Crippen LogP contribution >= 0.6 is 11.3 Å². The summed E-state index contributed by atoms with van der Waals surface area (Å²) < 4.78 is 6.89. The molecule has 3 aromatic heterocycles. The molecule has 0 atom stereocenters. The van der Waals surface area contributed by atoms with E-state index in [2.05, 4.69) is 25.0 Å².